The maximum absolute atomic E-state index is 11.5. The monoisotopic (exact) mass is 379 g/mol. The van der Waals surface area contributed by atoms with Crippen LogP contribution in [0.4, 0.5) is 11.6 Å². The van der Waals surface area contributed by atoms with Crippen LogP contribution in [0.3, 0.4) is 0 Å². The minimum absolute atomic E-state index is 0.375. The van der Waals surface area contributed by atoms with Gasteiger partial charge in [0.05, 0.1) is 36.4 Å². The number of hydrogen-bond donors (Lipinski definition) is 2. The molecule has 1 unspecified atom stereocenters. The number of methoxy groups -OCH3 is 1. The van der Waals surface area contributed by atoms with Crippen LogP contribution in [0.2, 0.25) is 0 Å². The summed E-state index contributed by atoms with van der Waals surface area (Å²) in [5, 5.41) is 12.6. The summed E-state index contributed by atoms with van der Waals surface area (Å²) in [5.74, 6) is -0.370. The summed E-state index contributed by atoms with van der Waals surface area (Å²) in [6.07, 6.45) is 7.63. The van der Waals surface area contributed by atoms with E-state index in [4.69, 9.17) is 4.74 Å². The van der Waals surface area contributed by atoms with Gasteiger partial charge in [0.15, 0.2) is 0 Å². The Balaban J connectivity index is 1.63. The summed E-state index contributed by atoms with van der Waals surface area (Å²) < 4.78 is 7.41. The second-order valence-corrected chi connectivity index (χ2v) is 6.82. The zero-order valence-electron chi connectivity index (χ0n) is 15.7. The van der Waals surface area contributed by atoms with E-state index in [0.29, 0.717) is 23.8 Å². The fraction of sp³-hybridized carbons (Fsp3) is 0.300. The predicted molar refractivity (Wildman–Crippen MR) is 103 cm³/mol. The summed E-state index contributed by atoms with van der Waals surface area (Å²) in [5.41, 5.74) is 4.05. The number of imidazole rings is 1. The Morgan fingerprint density at radius 3 is 2.93 bits per heavy atom. The first-order chi connectivity index (χ1) is 13.5. The number of benzene rings is 1. The normalized spacial score (nSPS) is 15.7. The number of aliphatic carboxylic acids is 1. The maximum Gasteiger partial charge on any atom is 0.312 e. The molecule has 0 fully saturated rings. The summed E-state index contributed by atoms with van der Waals surface area (Å²) in [6.45, 7) is 1.93. The number of ether oxygens (including phenoxy) is 1. The highest BCUT2D eigenvalue weighted by molar-refractivity contribution is 5.76. The summed E-state index contributed by atoms with van der Waals surface area (Å²) in [7, 11) is 1.61. The number of carboxylic acid groups (broad SMARTS) is 1. The third-order valence-electron chi connectivity index (χ3n) is 4.89. The van der Waals surface area contributed by atoms with E-state index in [1.807, 2.05) is 35.9 Å². The molecular weight excluding hydrogens is 358 g/mol. The van der Waals surface area contributed by atoms with Gasteiger partial charge in [-0.25, -0.2) is 15.0 Å². The van der Waals surface area contributed by atoms with Crippen molar-refractivity contribution in [1.82, 2.24) is 19.5 Å². The molecule has 2 heterocycles. The van der Waals surface area contributed by atoms with Crippen LogP contribution in [0.5, 0.6) is 5.75 Å². The first-order valence-electron chi connectivity index (χ1n) is 9.10. The SMILES string of the molecule is COc1cc(Nc2ncc3c(n2)C(C(=O)O)CCC3)ccc1-n1cnc(C)c1. The van der Waals surface area contributed by atoms with E-state index in [2.05, 4.69) is 20.3 Å². The van der Waals surface area contributed by atoms with Crippen LogP contribution in [0.25, 0.3) is 5.69 Å². The van der Waals surface area contributed by atoms with E-state index in [-0.39, 0.29) is 0 Å². The van der Waals surface area contributed by atoms with Gasteiger partial charge in [0.2, 0.25) is 5.95 Å². The van der Waals surface area contributed by atoms with Gasteiger partial charge in [0.1, 0.15) is 5.75 Å². The van der Waals surface area contributed by atoms with Crippen LogP contribution < -0.4 is 10.1 Å². The fourth-order valence-electron chi connectivity index (χ4n) is 3.50. The highest BCUT2D eigenvalue weighted by atomic mass is 16.5. The molecule has 28 heavy (non-hydrogen) atoms. The molecule has 1 atom stereocenters. The molecule has 0 saturated carbocycles. The Kier molecular flexibility index (Phi) is 4.68. The molecule has 1 aliphatic rings. The molecule has 2 aromatic heterocycles. The molecule has 0 bridgehead atoms. The van der Waals surface area contributed by atoms with Crippen molar-refractivity contribution in [2.45, 2.75) is 32.1 Å². The van der Waals surface area contributed by atoms with Gasteiger partial charge in [-0.3, -0.25) is 4.79 Å². The fourth-order valence-corrected chi connectivity index (χ4v) is 3.50. The lowest BCUT2D eigenvalue weighted by Gasteiger charge is -2.21. The highest BCUT2D eigenvalue weighted by Crippen LogP contribution is 2.32. The molecule has 4 rings (SSSR count). The van der Waals surface area contributed by atoms with Crippen LogP contribution in [0.1, 0.15) is 35.7 Å². The van der Waals surface area contributed by atoms with Crippen molar-refractivity contribution in [3.8, 4) is 11.4 Å². The number of aromatic nitrogens is 4. The number of anilines is 2. The number of fused-ring (bicyclic) bond motifs is 1. The van der Waals surface area contributed by atoms with Crippen molar-refractivity contribution < 1.29 is 14.6 Å². The minimum Gasteiger partial charge on any atom is -0.494 e. The average molecular weight is 379 g/mol. The molecule has 0 saturated heterocycles. The van der Waals surface area contributed by atoms with Gasteiger partial charge < -0.3 is 19.7 Å². The van der Waals surface area contributed by atoms with E-state index < -0.39 is 11.9 Å². The van der Waals surface area contributed by atoms with Crippen molar-refractivity contribution >= 4 is 17.6 Å². The average Bonchev–Trinajstić information content (AvgIpc) is 3.13. The Morgan fingerprint density at radius 2 is 2.21 bits per heavy atom. The summed E-state index contributed by atoms with van der Waals surface area (Å²) >= 11 is 0. The van der Waals surface area contributed by atoms with Gasteiger partial charge >= 0.3 is 5.97 Å². The standard InChI is InChI=1S/C20H21N5O3/c1-12-10-25(11-22-12)16-7-6-14(8-17(16)28-2)23-20-21-9-13-4-3-5-15(19(26)27)18(13)24-20/h6-11,15H,3-5H2,1-2H3,(H,26,27)(H,21,23,24). The van der Waals surface area contributed by atoms with Crippen molar-refractivity contribution in [3.05, 3.63) is 53.9 Å². The Labute approximate surface area is 162 Å². The number of rotatable bonds is 5. The van der Waals surface area contributed by atoms with Gasteiger partial charge in [-0.2, -0.15) is 0 Å². The number of nitrogens with one attached hydrogen (secondary N) is 1. The third-order valence-corrected chi connectivity index (χ3v) is 4.89. The molecule has 3 aromatic rings. The van der Waals surface area contributed by atoms with Crippen LogP contribution in [0.15, 0.2) is 36.9 Å². The lowest BCUT2D eigenvalue weighted by molar-refractivity contribution is -0.139. The quantitative estimate of drug-likeness (QED) is 0.701. The molecule has 8 heteroatoms. The van der Waals surface area contributed by atoms with Crippen molar-refractivity contribution in [2.75, 3.05) is 12.4 Å². The molecule has 2 N–H and O–H groups in total. The molecule has 0 aliphatic heterocycles. The van der Waals surface area contributed by atoms with Crippen LogP contribution in [-0.4, -0.2) is 37.7 Å². The van der Waals surface area contributed by atoms with E-state index >= 15 is 0 Å². The smallest absolute Gasteiger partial charge is 0.312 e. The van der Waals surface area contributed by atoms with Crippen LogP contribution in [-0.2, 0) is 11.2 Å². The minimum atomic E-state index is -0.841. The molecule has 1 aromatic carbocycles. The molecule has 0 amide bonds. The third kappa shape index (κ3) is 3.40. The molecule has 144 valence electrons. The van der Waals surface area contributed by atoms with E-state index in [0.717, 1.165) is 35.5 Å². The second kappa shape index (κ2) is 7.30. The van der Waals surface area contributed by atoms with E-state index in [1.165, 1.54) is 0 Å². The zero-order valence-corrected chi connectivity index (χ0v) is 15.7. The first kappa shape index (κ1) is 18.0. The maximum atomic E-state index is 11.5. The molecule has 0 radical (unpaired) electrons. The Hall–Kier alpha value is -3.42. The number of aryl methyl sites for hydroxylation is 2. The number of hydrogen-bond acceptors (Lipinski definition) is 6. The molecule has 8 nitrogen and oxygen atoms in total. The number of nitrogens with zero attached hydrogens (tertiary/aromatic N) is 4. The summed E-state index contributed by atoms with van der Waals surface area (Å²) in [4.78, 5) is 24.6. The number of carboxylic acids is 1. The largest absolute Gasteiger partial charge is 0.494 e. The number of carbonyl (C=O) groups is 1. The Morgan fingerprint density at radius 1 is 1.36 bits per heavy atom. The molecule has 1 aliphatic carbocycles. The molecular formula is C20H21N5O3. The highest BCUT2D eigenvalue weighted by Gasteiger charge is 2.28. The van der Waals surface area contributed by atoms with Crippen LogP contribution in [0, 0.1) is 6.92 Å². The first-order valence-corrected chi connectivity index (χ1v) is 9.10. The second-order valence-electron chi connectivity index (χ2n) is 6.82. The van der Waals surface area contributed by atoms with Crippen molar-refractivity contribution in [3.63, 3.8) is 0 Å². The van der Waals surface area contributed by atoms with Gasteiger partial charge in [-0.15, -0.1) is 0 Å². The predicted octanol–water partition coefficient (Wildman–Crippen LogP) is 3.23. The van der Waals surface area contributed by atoms with E-state index in [1.54, 1.807) is 19.6 Å². The Bertz CT molecular complexity index is 1030. The van der Waals surface area contributed by atoms with E-state index in [9.17, 15) is 9.90 Å². The molecule has 0 spiro atoms. The van der Waals surface area contributed by atoms with Gasteiger partial charge in [0.25, 0.3) is 0 Å². The zero-order chi connectivity index (χ0) is 19.7. The van der Waals surface area contributed by atoms with Crippen LogP contribution >= 0.6 is 0 Å². The van der Waals surface area contributed by atoms with Crippen molar-refractivity contribution in [2.24, 2.45) is 0 Å². The van der Waals surface area contributed by atoms with Gasteiger partial charge in [-0.1, -0.05) is 0 Å². The van der Waals surface area contributed by atoms with Crippen molar-refractivity contribution in [1.29, 1.82) is 0 Å². The van der Waals surface area contributed by atoms with Gasteiger partial charge in [-0.05, 0) is 43.9 Å². The summed E-state index contributed by atoms with van der Waals surface area (Å²) in [6, 6.07) is 5.66. The topological polar surface area (TPSA) is 102 Å². The lowest BCUT2D eigenvalue weighted by Crippen LogP contribution is -2.20. The van der Waals surface area contributed by atoms with Gasteiger partial charge in [0, 0.05) is 24.1 Å². The lowest BCUT2D eigenvalue weighted by atomic mass is 9.87.